The molecule has 1 heterocycles. The van der Waals surface area contributed by atoms with Gasteiger partial charge in [0.25, 0.3) is 0 Å². The topological polar surface area (TPSA) is 248 Å². The van der Waals surface area contributed by atoms with E-state index in [9.17, 15) is 39.0 Å². The normalized spacial score (nSPS) is 19.6. The lowest BCUT2D eigenvalue weighted by molar-refractivity contribution is -0.149. The number of aliphatic hydroxyl groups is 1. The molecule has 1 saturated heterocycles. The predicted octanol–water partition coefficient (Wildman–Crippen LogP) is -4.51. The first-order valence-corrected chi connectivity index (χ1v) is 9.49. The van der Waals surface area contributed by atoms with Crippen LogP contribution in [0, 0.1) is 0 Å². The SMILES string of the molecule is CC(O)C(N)C(=O)NC(CC(N)=O)C(=O)NC(CC(N)=O)C(=O)N1CCCC1C(=O)O. The highest BCUT2D eigenvalue weighted by molar-refractivity contribution is 5.97. The molecular formula is C17H28N6O8. The molecule has 31 heavy (non-hydrogen) atoms. The van der Waals surface area contributed by atoms with Crippen molar-refractivity contribution in [1.82, 2.24) is 15.5 Å². The minimum Gasteiger partial charge on any atom is -0.480 e. The highest BCUT2D eigenvalue weighted by Crippen LogP contribution is 2.19. The Balaban J connectivity index is 3.03. The Kier molecular flexibility index (Phi) is 9.33. The first-order valence-electron chi connectivity index (χ1n) is 9.49. The van der Waals surface area contributed by atoms with Crippen molar-refractivity contribution < 1.29 is 39.0 Å². The van der Waals surface area contributed by atoms with Crippen molar-refractivity contribution in [3.8, 4) is 0 Å². The first kappa shape index (κ1) is 25.8. The van der Waals surface area contributed by atoms with Crippen LogP contribution in [-0.4, -0.2) is 87.4 Å². The zero-order chi connectivity index (χ0) is 23.9. The molecule has 0 radical (unpaired) electrons. The number of hydrogen-bond acceptors (Lipinski definition) is 8. The number of primary amides is 2. The van der Waals surface area contributed by atoms with Crippen LogP contribution >= 0.6 is 0 Å². The van der Waals surface area contributed by atoms with Crippen LogP contribution < -0.4 is 27.8 Å². The van der Waals surface area contributed by atoms with Crippen LogP contribution in [0.3, 0.4) is 0 Å². The van der Waals surface area contributed by atoms with Gasteiger partial charge in [-0.15, -0.1) is 0 Å². The third-order valence-electron chi connectivity index (χ3n) is 4.70. The molecule has 0 bridgehead atoms. The molecule has 5 atom stereocenters. The van der Waals surface area contributed by atoms with E-state index < -0.39 is 78.6 Å². The van der Waals surface area contributed by atoms with E-state index in [0.29, 0.717) is 6.42 Å². The summed E-state index contributed by atoms with van der Waals surface area (Å²) in [5.41, 5.74) is 15.7. The molecule has 14 nitrogen and oxygen atoms in total. The van der Waals surface area contributed by atoms with Crippen LogP contribution in [0.4, 0.5) is 0 Å². The number of nitrogens with two attached hydrogens (primary N) is 3. The summed E-state index contributed by atoms with van der Waals surface area (Å²) in [5.74, 6) is -6.00. The van der Waals surface area contributed by atoms with Crippen molar-refractivity contribution in [3.63, 3.8) is 0 Å². The fraction of sp³-hybridized carbons (Fsp3) is 0.647. The number of carbonyl (C=O) groups is 6. The maximum atomic E-state index is 12.8. The molecule has 1 aliphatic rings. The maximum Gasteiger partial charge on any atom is 0.326 e. The molecule has 0 aromatic rings. The highest BCUT2D eigenvalue weighted by atomic mass is 16.4. The van der Waals surface area contributed by atoms with Gasteiger partial charge in [-0.25, -0.2) is 4.79 Å². The van der Waals surface area contributed by atoms with E-state index in [2.05, 4.69) is 10.6 Å². The van der Waals surface area contributed by atoms with Gasteiger partial charge in [0.05, 0.1) is 18.9 Å². The molecule has 0 aliphatic carbocycles. The number of hydrogen-bond donors (Lipinski definition) is 7. The van der Waals surface area contributed by atoms with Crippen molar-refractivity contribution in [2.24, 2.45) is 17.2 Å². The van der Waals surface area contributed by atoms with E-state index in [0.717, 1.165) is 4.90 Å². The molecule has 5 amide bonds. The zero-order valence-corrected chi connectivity index (χ0v) is 16.9. The summed E-state index contributed by atoms with van der Waals surface area (Å²) in [6.07, 6.45) is -1.95. The summed E-state index contributed by atoms with van der Waals surface area (Å²) in [6, 6.07) is -5.62. The molecule has 1 fully saturated rings. The number of carboxylic acid groups (broad SMARTS) is 1. The zero-order valence-electron chi connectivity index (χ0n) is 16.9. The van der Waals surface area contributed by atoms with E-state index in [4.69, 9.17) is 17.2 Å². The van der Waals surface area contributed by atoms with Gasteiger partial charge in [0.2, 0.25) is 29.5 Å². The average Bonchev–Trinajstić information content (AvgIpc) is 3.14. The molecule has 5 unspecified atom stereocenters. The highest BCUT2D eigenvalue weighted by Gasteiger charge is 2.39. The molecule has 10 N–H and O–H groups in total. The number of carboxylic acids is 1. The number of nitrogens with zero attached hydrogens (tertiary/aromatic N) is 1. The molecule has 1 rings (SSSR count). The molecule has 0 aromatic heterocycles. The second-order valence-corrected chi connectivity index (χ2v) is 7.26. The summed E-state index contributed by atoms with van der Waals surface area (Å²) in [5, 5.41) is 23.0. The van der Waals surface area contributed by atoms with E-state index in [1.807, 2.05) is 0 Å². The van der Waals surface area contributed by atoms with Gasteiger partial charge in [0.1, 0.15) is 24.2 Å². The van der Waals surface area contributed by atoms with Crippen LogP contribution in [0.2, 0.25) is 0 Å². The van der Waals surface area contributed by atoms with Gasteiger partial charge in [-0.05, 0) is 19.8 Å². The Labute approximate surface area is 177 Å². The number of carbonyl (C=O) groups excluding carboxylic acids is 5. The number of aliphatic carboxylic acids is 1. The molecule has 0 spiro atoms. The van der Waals surface area contributed by atoms with Crippen molar-refractivity contribution >= 4 is 35.5 Å². The first-order chi connectivity index (χ1) is 14.3. The lowest BCUT2D eigenvalue weighted by Crippen LogP contribution is -2.59. The molecule has 1 aliphatic heterocycles. The second kappa shape index (κ2) is 11.2. The van der Waals surface area contributed by atoms with Crippen LogP contribution in [0.15, 0.2) is 0 Å². The maximum absolute atomic E-state index is 12.8. The van der Waals surface area contributed by atoms with Gasteiger partial charge < -0.3 is 42.9 Å². The second-order valence-electron chi connectivity index (χ2n) is 7.26. The summed E-state index contributed by atoms with van der Waals surface area (Å²) in [4.78, 5) is 72.6. The molecule has 0 aromatic carbocycles. The van der Waals surface area contributed by atoms with Gasteiger partial charge in [0.15, 0.2) is 0 Å². The van der Waals surface area contributed by atoms with Crippen LogP contribution in [0.1, 0.15) is 32.6 Å². The van der Waals surface area contributed by atoms with Crippen molar-refractivity contribution in [3.05, 3.63) is 0 Å². The van der Waals surface area contributed by atoms with Crippen LogP contribution in [-0.2, 0) is 28.8 Å². The fourth-order valence-electron chi connectivity index (χ4n) is 3.06. The monoisotopic (exact) mass is 444 g/mol. The number of aliphatic hydroxyl groups excluding tert-OH is 1. The van der Waals surface area contributed by atoms with Gasteiger partial charge in [0, 0.05) is 6.54 Å². The lowest BCUT2D eigenvalue weighted by atomic mass is 10.1. The van der Waals surface area contributed by atoms with E-state index in [1.54, 1.807) is 0 Å². The standard InChI is InChI=1S/C17H28N6O8/c1-7(24)13(20)15(28)21-8(5-11(18)25)14(27)22-9(6-12(19)26)16(29)23-4-2-3-10(23)17(30)31/h7-10,13,24H,2-6,20H2,1H3,(H2,18,25)(H2,19,26)(H,21,28)(H,22,27)(H,30,31). The Morgan fingerprint density at radius 2 is 1.52 bits per heavy atom. The van der Waals surface area contributed by atoms with E-state index >= 15 is 0 Å². The number of nitrogens with one attached hydrogen (secondary N) is 2. The number of likely N-dealkylation sites (tertiary alicyclic amines) is 1. The molecule has 174 valence electrons. The minimum absolute atomic E-state index is 0.103. The summed E-state index contributed by atoms with van der Waals surface area (Å²) >= 11 is 0. The Hall–Kier alpha value is -3.26. The van der Waals surface area contributed by atoms with Crippen molar-refractivity contribution in [2.75, 3.05) is 6.54 Å². The Bertz CT molecular complexity index is 742. The van der Waals surface area contributed by atoms with Gasteiger partial charge >= 0.3 is 5.97 Å². The minimum atomic E-state index is -1.56. The molecular weight excluding hydrogens is 416 g/mol. The van der Waals surface area contributed by atoms with E-state index in [-0.39, 0.29) is 13.0 Å². The van der Waals surface area contributed by atoms with E-state index in [1.165, 1.54) is 6.92 Å². The van der Waals surface area contributed by atoms with Gasteiger partial charge in [-0.1, -0.05) is 0 Å². The number of rotatable bonds is 11. The predicted molar refractivity (Wildman–Crippen MR) is 104 cm³/mol. The number of amides is 5. The Morgan fingerprint density at radius 1 is 1.00 bits per heavy atom. The largest absolute Gasteiger partial charge is 0.480 e. The smallest absolute Gasteiger partial charge is 0.326 e. The van der Waals surface area contributed by atoms with Crippen LogP contribution in [0.5, 0.6) is 0 Å². The average molecular weight is 444 g/mol. The van der Waals surface area contributed by atoms with Gasteiger partial charge in [-0.2, -0.15) is 0 Å². The summed E-state index contributed by atoms with van der Waals surface area (Å²) in [7, 11) is 0. The summed E-state index contributed by atoms with van der Waals surface area (Å²) < 4.78 is 0. The molecule has 0 saturated carbocycles. The lowest BCUT2D eigenvalue weighted by Gasteiger charge is -2.28. The van der Waals surface area contributed by atoms with Crippen LogP contribution in [0.25, 0.3) is 0 Å². The fourth-order valence-corrected chi connectivity index (χ4v) is 3.06. The summed E-state index contributed by atoms with van der Waals surface area (Å²) in [6.45, 7) is 1.34. The third-order valence-corrected chi connectivity index (χ3v) is 4.70. The quantitative estimate of drug-likeness (QED) is 0.162. The Morgan fingerprint density at radius 3 is 2.00 bits per heavy atom. The van der Waals surface area contributed by atoms with Crippen molar-refractivity contribution in [2.45, 2.75) is 62.9 Å². The van der Waals surface area contributed by atoms with Crippen molar-refractivity contribution in [1.29, 1.82) is 0 Å². The molecule has 14 heteroatoms. The van der Waals surface area contributed by atoms with Gasteiger partial charge in [-0.3, -0.25) is 24.0 Å². The third kappa shape index (κ3) is 7.49.